The average Bonchev–Trinajstić information content (AvgIpc) is 2.36. The summed E-state index contributed by atoms with van der Waals surface area (Å²) in [4.78, 5) is 11.6. The van der Waals surface area contributed by atoms with Gasteiger partial charge in [0.2, 0.25) is 0 Å². The van der Waals surface area contributed by atoms with Crippen molar-refractivity contribution in [1.82, 2.24) is 10.6 Å². The maximum absolute atomic E-state index is 11.6. The molecular formula is C13H19BrN2O3. The lowest BCUT2D eigenvalue weighted by Crippen LogP contribution is -2.42. The standard InChI is InChI=1S/C13H19BrN2O3/c1-9(8-18-2)16-13(17)15-7-10-4-5-12(19-3)11(14)6-10/h4-6,9H,7-8H2,1-3H3,(H2,15,16,17). The van der Waals surface area contributed by atoms with Crippen molar-refractivity contribution in [2.24, 2.45) is 0 Å². The van der Waals surface area contributed by atoms with Crippen LogP contribution in [0.25, 0.3) is 0 Å². The summed E-state index contributed by atoms with van der Waals surface area (Å²) in [7, 11) is 3.22. The molecule has 0 saturated heterocycles. The zero-order chi connectivity index (χ0) is 14.3. The number of amides is 2. The quantitative estimate of drug-likeness (QED) is 0.841. The molecule has 6 heteroatoms. The van der Waals surface area contributed by atoms with Gasteiger partial charge in [0, 0.05) is 13.7 Å². The van der Waals surface area contributed by atoms with Gasteiger partial charge in [0.15, 0.2) is 0 Å². The highest BCUT2D eigenvalue weighted by molar-refractivity contribution is 9.10. The normalized spacial score (nSPS) is 11.8. The van der Waals surface area contributed by atoms with Crippen molar-refractivity contribution in [2.75, 3.05) is 20.8 Å². The van der Waals surface area contributed by atoms with E-state index in [-0.39, 0.29) is 12.1 Å². The predicted molar refractivity (Wildman–Crippen MR) is 77.4 cm³/mol. The van der Waals surface area contributed by atoms with Crippen LogP contribution in [0.4, 0.5) is 4.79 Å². The first-order valence-electron chi connectivity index (χ1n) is 5.92. The lowest BCUT2D eigenvalue weighted by Gasteiger charge is -2.14. The van der Waals surface area contributed by atoms with Crippen molar-refractivity contribution >= 4 is 22.0 Å². The maximum Gasteiger partial charge on any atom is 0.315 e. The molecule has 2 N–H and O–H groups in total. The molecule has 0 spiro atoms. The number of benzene rings is 1. The predicted octanol–water partition coefficient (Wildman–Crippen LogP) is 2.29. The molecule has 0 heterocycles. The summed E-state index contributed by atoms with van der Waals surface area (Å²) in [6.07, 6.45) is 0. The molecule has 1 aromatic rings. The second-order valence-electron chi connectivity index (χ2n) is 4.15. The Kier molecular flexibility index (Phi) is 6.66. The first-order valence-corrected chi connectivity index (χ1v) is 6.71. The molecule has 106 valence electrons. The molecule has 0 aliphatic rings. The molecule has 2 amide bonds. The van der Waals surface area contributed by atoms with Crippen LogP contribution >= 0.6 is 15.9 Å². The van der Waals surface area contributed by atoms with Crippen LogP contribution in [0.2, 0.25) is 0 Å². The molecule has 0 aliphatic heterocycles. The van der Waals surface area contributed by atoms with Crippen molar-refractivity contribution in [2.45, 2.75) is 19.5 Å². The molecule has 0 aliphatic carbocycles. The largest absolute Gasteiger partial charge is 0.496 e. The zero-order valence-electron chi connectivity index (χ0n) is 11.3. The van der Waals surface area contributed by atoms with Crippen LogP contribution in [-0.4, -0.2) is 32.9 Å². The van der Waals surface area contributed by atoms with E-state index in [4.69, 9.17) is 9.47 Å². The highest BCUT2D eigenvalue weighted by atomic mass is 79.9. The van der Waals surface area contributed by atoms with Crippen LogP contribution < -0.4 is 15.4 Å². The lowest BCUT2D eigenvalue weighted by atomic mass is 10.2. The molecule has 0 radical (unpaired) electrons. The summed E-state index contributed by atoms with van der Waals surface area (Å²) in [6, 6.07) is 5.44. The topological polar surface area (TPSA) is 59.6 Å². The summed E-state index contributed by atoms with van der Waals surface area (Å²) >= 11 is 3.41. The number of hydrogen-bond donors (Lipinski definition) is 2. The molecule has 1 atom stereocenters. The van der Waals surface area contributed by atoms with Crippen molar-refractivity contribution in [3.8, 4) is 5.75 Å². The summed E-state index contributed by atoms with van der Waals surface area (Å²) in [5.41, 5.74) is 0.988. The Balaban J connectivity index is 2.44. The van der Waals surface area contributed by atoms with Crippen molar-refractivity contribution < 1.29 is 14.3 Å². The van der Waals surface area contributed by atoms with Gasteiger partial charge in [-0.25, -0.2) is 4.79 Å². The lowest BCUT2D eigenvalue weighted by molar-refractivity contribution is 0.171. The van der Waals surface area contributed by atoms with Gasteiger partial charge in [-0.15, -0.1) is 0 Å². The van der Waals surface area contributed by atoms with Crippen LogP contribution in [0.15, 0.2) is 22.7 Å². The van der Waals surface area contributed by atoms with Gasteiger partial charge in [-0.3, -0.25) is 0 Å². The van der Waals surface area contributed by atoms with Crippen molar-refractivity contribution in [3.05, 3.63) is 28.2 Å². The van der Waals surface area contributed by atoms with Crippen LogP contribution in [0.3, 0.4) is 0 Å². The average molecular weight is 331 g/mol. The minimum atomic E-state index is -0.212. The minimum absolute atomic E-state index is 0.0207. The van der Waals surface area contributed by atoms with E-state index in [1.54, 1.807) is 14.2 Å². The summed E-state index contributed by atoms with van der Waals surface area (Å²) in [5.74, 6) is 0.766. The number of urea groups is 1. The van der Waals surface area contributed by atoms with Gasteiger partial charge < -0.3 is 20.1 Å². The molecule has 1 rings (SSSR count). The molecule has 0 aromatic heterocycles. The van der Waals surface area contributed by atoms with Crippen molar-refractivity contribution in [1.29, 1.82) is 0 Å². The molecule has 0 bridgehead atoms. The Morgan fingerprint density at radius 2 is 2.16 bits per heavy atom. The number of carbonyl (C=O) groups excluding carboxylic acids is 1. The van der Waals surface area contributed by atoms with E-state index in [0.717, 1.165) is 15.8 Å². The molecule has 1 unspecified atom stereocenters. The van der Waals surface area contributed by atoms with Crippen LogP contribution in [0, 0.1) is 0 Å². The summed E-state index contributed by atoms with van der Waals surface area (Å²) in [6.45, 7) is 2.82. The van der Waals surface area contributed by atoms with Gasteiger partial charge in [-0.1, -0.05) is 6.07 Å². The molecule has 0 fully saturated rings. The highest BCUT2D eigenvalue weighted by Gasteiger charge is 2.07. The number of nitrogens with one attached hydrogen (secondary N) is 2. The van der Waals surface area contributed by atoms with Gasteiger partial charge in [-0.05, 0) is 40.5 Å². The second kappa shape index (κ2) is 8.01. The van der Waals surface area contributed by atoms with Gasteiger partial charge >= 0.3 is 6.03 Å². The van der Waals surface area contributed by atoms with E-state index in [1.807, 2.05) is 25.1 Å². The smallest absolute Gasteiger partial charge is 0.315 e. The third-order valence-electron chi connectivity index (χ3n) is 2.46. The Bertz CT molecular complexity index is 426. The van der Waals surface area contributed by atoms with Gasteiger partial charge in [0.1, 0.15) is 5.75 Å². The Hall–Kier alpha value is -1.27. The Labute approximate surface area is 121 Å². The fourth-order valence-corrected chi connectivity index (χ4v) is 2.16. The number of halogens is 1. The maximum atomic E-state index is 11.6. The SMILES string of the molecule is COCC(C)NC(=O)NCc1ccc(OC)c(Br)c1. The molecule has 0 saturated carbocycles. The monoisotopic (exact) mass is 330 g/mol. The third-order valence-corrected chi connectivity index (χ3v) is 3.08. The fourth-order valence-electron chi connectivity index (χ4n) is 1.57. The first-order chi connectivity index (χ1) is 9.06. The highest BCUT2D eigenvalue weighted by Crippen LogP contribution is 2.25. The number of hydrogen-bond acceptors (Lipinski definition) is 3. The number of methoxy groups -OCH3 is 2. The third kappa shape index (κ3) is 5.48. The van der Waals surface area contributed by atoms with Crippen LogP contribution in [0.5, 0.6) is 5.75 Å². The van der Waals surface area contributed by atoms with Crippen molar-refractivity contribution in [3.63, 3.8) is 0 Å². The molecule has 5 nitrogen and oxygen atoms in total. The van der Waals surface area contributed by atoms with Crippen LogP contribution in [0.1, 0.15) is 12.5 Å². The molecule has 1 aromatic carbocycles. The first kappa shape index (κ1) is 15.8. The van der Waals surface area contributed by atoms with E-state index in [1.165, 1.54) is 0 Å². The summed E-state index contributed by atoms with van der Waals surface area (Å²) in [5, 5.41) is 5.56. The van der Waals surface area contributed by atoms with E-state index in [0.29, 0.717) is 13.2 Å². The van der Waals surface area contributed by atoms with E-state index >= 15 is 0 Å². The fraction of sp³-hybridized carbons (Fsp3) is 0.462. The van der Waals surface area contributed by atoms with E-state index in [2.05, 4.69) is 26.6 Å². The van der Waals surface area contributed by atoms with E-state index in [9.17, 15) is 4.79 Å². The number of carbonyl (C=O) groups is 1. The van der Waals surface area contributed by atoms with Gasteiger partial charge in [0.05, 0.1) is 24.2 Å². The molecule has 19 heavy (non-hydrogen) atoms. The number of rotatable bonds is 6. The second-order valence-corrected chi connectivity index (χ2v) is 5.01. The Morgan fingerprint density at radius 3 is 2.74 bits per heavy atom. The minimum Gasteiger partial charge on any atom is -0.496 e. The number of ether oxygens (including phenoxy) is 2. The van der Waals surface area contributed by atoms with E-state index < -0.39 is 0 Å². The Morgan fingerprint density at radius 1 is 1.42 bits per heavy atom. The van der Waals surface area contributed by atoms with Gasteiger partial charge in [-0.2, -0.15) is 0 Å². The van der Waals surface area contributed by atoms with Crippen LogP contribution in [-0.2, 0) is 11.3 Å². The molecular weight excluding hydrogens is 312 g/mol. The zero-order valence-corrected chi connectivity index (χ0v) is 12.9. The van der Waals surface area contributed by atoms with Gasteiger partial charge in [0.25, 0.3) is 0 Å². The summed E-state index contributed by atoms with van der Waals surface area (Å²) < 4.78 is 11.0.